The Morgan fingerprint density at radius 2 is 1.74 bits per heavy atom. The molecule has 0 fully saturated rings. The average molecular weight is 323 g/mol. The zero-order valence-electron chi connectivity index (χ0n) is 15.7. The normalized spacial score (nSPS) is 12.5. The summed E-state index contributed by atoms with van der Waals surface area (Å²) in [4.78, 5) is 6.74. The number of hydrogen-bond acceptors (Lipinski definition) is 4. The first-order valence-corrected chi connectivity index (χ1v) is 8.48. The summed E-state index contributed by atoms with van der Waals surface area (Å²) in [6, 6.07) is 1.10. The van der Waals surface area contributed by atoms with E-state index in [1.165, 1.54) is 5.56 Å². The van der Waals surface area contributed by atoms with E-state index >= 15 is 0 Å². The molecular formula is C17H33N5O. The molecule has 132 valence electrons. The minimum atomic E-state index is 0.548. The Kier molecular flexibility index (Phi) is 8.09. The minimum absolute atomic E-state index is 0.548. The van der Waals surface area contributed by atoms with Crippen LogP contribution in [0.5, 0.6) is 0 Å². The fourth-order valence-electron chi connectivity index (χ4n) is 2.80. The Hall–Kier alpha value is -1.56. The number of nitrogens with one attached hydrogen (secondary N) is 2. The molecule has 0 saturated carbocycles. The van der Waals surface area contributed by atoms with E-state index in [1.54, 1.807) is 7.05 Å². The second kappa shape index (κ2) is 9.55. The summed E-state index contributed by atoms with van der Waals surface area (Å²) in [6.45, 7) is 15.5. The Bertz CT molecular complexity index is 466. The lowest BCUT2D eigenvalue weighted by Crippen LogP contribution is -2.45. The van der Waals surface area contributed by atoms with Crippen molar-refractivity contribution in [2.24, 2.45) is 4.99 Å². The molecule has 0 aliphatic rings. The third-order valence-electron chi connectivity index (χ3n) is 4.06. The topological polar surface area (TPSA) is 65.7 Å². The fraction of sp³-hybridized carbons (Fsp3) is 0.765. The third-order valence-corrected chi connectivity index (χ3v) is 4.06. The summed E-state index contributed by atoms with van der Waals surface area (Å²) in [5.74, 6) is 1.74. The molecule has 0 bridgehead atoms. The number of rotatable bonds is 8. The van der Waals surface area contributed by atoms with Gasteiger partial charge in [0.2, 0.25) is 0 Å². The monoisotopic (exact) mass is 323 g/mol. The van der Waals surface area contributed by atoms with Crippen molar-refractivity contribution < 1.29 is 4.52 Å². The van der Waals surface area contributed by atoms with Crippen molar-refractivity contribution >= 4 is 5.96 Å². The van der Waals surface area contributed by atoms with Crippen LogP contribution in [0.1, 0.15) is 44.7 Å². The Labute approximate surface area is 140 Å². The van der Waals surface area contributed by atoms with Crippen LogP contribution in [0.4, 0.5) is 0 Å². The van der Waals surface area contributed by atoms with E-state index < -0.39 is 0 Å². The van der Waals surface area contributed by atoms with Crippen molar-refractivity contribution in [3.63, 3.8) is 0 Å². The van der Waals surface area contributed by atoms with Gasteiger partial charge in [-0.3, -0.25) is 9.89 Å². The number of guanidine groups is 1. The number of hydrogen-bond donors (Lipinski definition) is 2. The summed E-state index contributed by atoms with van der Waals surface area (Å²) in [6.07, 6.45) is 0.881. The summed E-state index contributed by atoms with van der Waals surface area (Å²) in [7, 11) is 1.80. The molecule has 0 radical (unpaired) electrons. The molecular weight excluding hydrogens is 290 g/mol. The van der Waals surface area contributed by atoms with Gasteiger partial charge in [0.1, 0.15) is 5.76 Å². The van der Waals surface area contributed by atoms with Crippen molar-refractivity contribution in [3.8, 4) is 0 Å². The van der Waals surface area contributed by atoms with E-state index in [0.29, 0.717) is 12.1 Å². The highest BCUT2D eigenvalue weighted by atomic mass is 16.5. The first-order chi connectivity index (χ1) is 10.9. The fourth-order valence-corrected chi connectivity index (χ4v) is 2.80. The van der Waals surface area contributed by atoms with Crippen LogP contribution >= 0.6 is 0 Å². The van der Waals surface area contributed by atoms with Gasteiger partial charge in [0.15, 0.2) is 5.96 Å². The molecule has 0 amide bonds. The molecule has 0 aromatic carbocycles. The molecule has 0 aliphatic heterocycles. The van der Waals surface area contributed by atoms with E-state index in [9.17, 15) is 0 Å². The number of aromatic nitrogens is 1. The van der Waals surface area contributed by atoms with E-state index in [-0.39, 0.29) is 0 Å². The molecule has 0 spiro atoms. The highest BCUT2D eigenvalue weighted by molar-refractivity contribution is 5.79. The van der Waals surface area contributed by atoms with Gasteiger partial charge in [0, 0.05) is 44.3 Å². The van der Waals surface area contributed by atoms with Crippen LogP contribution in [0.15, 0.2) is 9.52 Å². The van der Waals surface area contributed by atoms with Gasteiger partial charge in [0.05, 0.1) is 5.69 Å². The summed E-state index contributed by atoms with van der Waals surface area (Å²) in [5, 5.41) is 10.7. The van der Waals surface area contributed by atoms with E-state index in [2.05, 4.69) is 53.4 Å². The SMILES string of the molecule is CN=C(NCCc1c(C)noc1C)NCCN(C(C)C)C(C)C. The maximum Gasteiger partial charge on any atom is 0.191 e. The second-order valence-electron chi connectivity index (χ2n) is 6.40. The van der Waals surface area contributed by atoms with Crippen LogP contribution in [-0.2, 0) is 6.42 Å². The van der Waals surface area contributed by atoms with Crippen LogP contribution in [0.25, 0.3) is 0 Å². The van der Waals surface area contributed by atoms with Gasteiger partial charge in [-0.15, -0.1) is 0 Å². The molecule has 0 atom stereocenters. The molecule has 6 heteroatoms. The Morgan fingerprint density at radius 3 is 2.22 bits per heavy atom. The van der Waals surface area contributed by atoms with E-state index in [0.717, 1.165) is 43.5 Å². The molecule has 1 heterocycles. The van der Waals surface area contributed by atoms with Gasteiger partial charge in [-0.1, -0.05) is 5.16 Å². The van der Waals surface area contributed by atoms with Crippen LogP contribution in [0.2, 0.25) is 0 Å². The summed E-state index contributed by atoms with van der Waals surface area (Å²) < 4.78 is 5.19. The third kappa shape index (κ3) is 6.22. The number of aryl methyl sites for hydroxylation is 2. The lowest BCUT2D eigenvalue weighted by atomic mass is 10.1. The van der Waals surface area contributed by atoms with Crippen LogP contribution in [0.3, 0.4) is 0 Å². The van der Waals surface area contributed by atoms with Gasteiger partial charge in [-0.05, 0) is 48.0 Å². The van der Waals surface area contributed by atoms with Gasteiger partial charge in [0.25, 0.3) is 0 Å². The molecule has 1 aromatic heterocycles. The van der Waals surface area contributed by atoms with Crippen LogP contribution in [0, 0.1) is 13.8 Å². The highest BCUT2D eigenvalue weighted by Crippen LogP contribution is 2.11. The first-order valence-electron chi connectivity index (χ1n) is 8.48. The minimum Gasteiger partial charge on any atom is -0.361 e. The Morgan fingerprint density at radius 1 is 1.13 bits per heavy atom. The zero-order chi connectivity index (χ0) is 17.4. The van der Waals surface area contributed by atoms with Gasteiger partial charge >= 0.3 is 0 Å². The Balaban J connectivity index is 2.35. The summed E-state index contributed by atoms with van der Waals surface area (Å²) >= 11 is 0. The van der Waals surface area contributed by atoms with Gasteiger partial charge in [-0.25, -0.2) is 0 Å². The molecule has 0 saturated heterocycles. The quantitative estimate of drug-likeness (QED) is 0.567. The van der Waals surface area contributed by atoms with E-state index in [1.807, 2.05) is 13.8 Å². The van der Waals surface area contributed by atoms with Gasteiger partial charge in [-0.2, -0.15) is 0 Å². The highest BCUT2D eigenvalue weighted by Gasteiger charge is 2.13. The molecule has 0 aliphatic carbocycles. The van der Waals surface area contributed by atoms with Crippen molar-refractivity contribution in [2.75, 3.05) is 26.7 Å². The van der Waals surface area contributed by atoms with Crippen molar-refractivity contribution in [1.82, 2.24) is 20.7 Å². The molecule has 0 unspecified atom stereocenters. The predicted molar refractivity (Wildman–Crippen MR) is 96.0 cm³/mol. The molecule has 1 aromatic rings. The molecule has 23 heavy (non-hydrogen) atoms. The van der Waals surface area contributed by atoms with Crippen molar-refractivity contribution in [2.45, 2.75) is 60.0 Å². The number of aliphatic imine (C=N–C) groups is 1. The van der Waals surface area contributed by atoms with Gasteiger partial charge < -0.3 is 15.2 Å². The number of nitrogens with zero attached hydrogens (tertiary/aromatic N) is 3. The predicted octanol–water partition coefficient (Wildman–Crippen LogP) is 2.12. The lowest BCUT2D eigenvalue weighted by molar-refractivity contribution is 0.178. The van der Waals surface area contributed by atoms with Crippen molar-refractivity contribution in [3.05, 3.63) is 17.0 Å². The molecule has 6 nitrogen and oxygen atoms in total. The zero-order valence-corrected chi connectivity index (χ0v) is 15.7. The van der Waals surface area contributed by atoms with Crippen LogP contribution in [-0.4, -0.2) is 54.8 Å². The molecule has 2 N–H and O–H groups in total. The maximum atomic E-state index is 5.19. The smallest absolute Gasteiger partial charge is 0.191 e. The summed E-state index contributed by atoms with van der Waals surface area (Å²) in [5.41, 5.74) is 2.15. The average Bonchev–Trinajstić information content (AvgIpc) is 2.80. The largest absolute Gasteiger partial charge is 0.361 e. The van der Waals surface area contributed by atoms with Crippen molar-refractivity contribution in [1.29, 1.82) is 0 Å². The maximum absolute atomic E-state index is 5.19. The van der Waals surface area contributed by atoms with E-state index in [4.69, 9.17) is 4.52 Å². The standard InChI is InChI=1S/C17H33N5O/c1-12(2)22(13(3)4)11-10-20-17(18-7)19-9-8-16-14(5)21-23-15(16)6/h12-13H,8-11H2,1-7H3,(H2,18,19,20). The molecule has 1 rings (SSSR count). The first kappa shape index (κ1) is 19.5. The lowest BCUT2D eigenvalue weighted by Gasteiger charge is -2.30. The van der Waals surface area contributed by atoms with Crippen LogP contribution < -0.4 is 10.6 Å². The second-order valence-corrected chi connectivity index (χ2v) is 6.40.